The Morgan fingerprint density at radius 1 is 1.27 bits per heavy atom. The van der Waals surface area contributed by atoms with Gasteiger partial charge in [-0.15, -0.1) is 0 Å². The highest BCUT2D eigenvalue weighted by Gasteiger charge is 2.43. The van der Waals surface area contributed by atoms with Gasteiger partial charge in [-0.05, 0) is 24.6 Å². The number of rotatable bonds is 6. The van der Waals surface area contributed by atoms with Crippen molar-refractivity contribution >= 4 is 22.9 Å². The van der Waals surface area contributed by atoms with Crippen molar-refractivity contribution in [1.29, 1.82) is 0 Å². The molecule has 0 unspecified atom stereocenters. The van der Waals surface area contributed by atoms with E-state index in [0.29, 0.717) is 12.4 Å². The Bertz CT molecular complexity index is 886. The number of fused-ring (bicyclic) bond motifs is 1. The van der Waals surface area contributed by atoms with Crippen LogP contribution in [0.3, 0.4) is 0 Å². The van der Waals surface area contributed by atoms with Gasteiger partial charge in [0.15, 0.2) is 0 Å². The summed E-state index contributed by atoms with van der Waals surface area (Å²) in [5, 5.41) is 9.32. The number of hydrogen-bond acceptors (Lipinski definition) is 6. The standard InChI is InChI=1S/C16H13F3O7/c1-2-24-9-3-4-10-8(6-13(20)25-11(10)7-9)5-12(14(21)22)26-15(23)16(17,18)19/h3-4,6-7,12H,2,5H2,1H3,(H,21,22)/t12-/m0/s1. The van der Waals surface area contributed by atoms with Gasteiger partial charge in [0.25, 0.3) is 0 Å². The Labute approximate surface area is 143 Å². The van der Waals surface area contributed by atoms with Crippen LogP contribution in [0.15, 0.2) is 33.5 Å². The highest BCUT2D eigenvalue weighted by atomic mass is 19.4. The molecule has 1 N–H and O–H groups in total. The van der Waals surface area contributed by atoms with E-state index in [1.165, 1.54) is 18.2 Å². The van der Waals surface area contributed by atoms with E-state index in [0.717, 1.165) is 6.07 Å². The molecule has 0 radical (unpaired) electrons. The van der Waals surface area contributed by atoms with Gasteiger partial charge in [-0.2, -0.15) is 13.2 Å². The maximum Gasteiger partial charge on any atom is 0.490 e. The molecule has 0 aliphatic carbocycles. The molecule has 1 aromatic carbocycles. The summed E-state index contributed by atoms with van der Waals surface area (Å²) in [6, 6.07) is 5.30. The van der Waals surface area contributed by atoms with Crippen LogP contribution in [0.5, 0.6) is 5.75 Å². The molecule has 0 aliphatic heterocycles. The summed E-state index contributed by atoms with van der Waals surface area (Å²) in [7, 11) is 0. The third kappa shape index (κ3) is 4.52. The molecule has 1 aromatic heterocycles. The van der Waals surface area contributed by atoms with E-state index in [9.17, 15) is 27.6 Å². The lowest BCUT2D eigenvalue weighted by Gasteiger charge is -2.16. The van der Waals surface area contributed by atoms with Crippen LogP contribution in [0.25, 0.3) is 11.0 Å². The number of carboxylic acid groups (broad SMARTS) is 1. The van der Waals surface area contributed by atoms with Gasteiger partial charge in [-0.25, -0.2) is 14.4 Å². The molecule has 2 rings (SSSR count). The van der Waals surface area contributed by atoms with Crippen LogP contribution in [0.1, 0.15) is 12.5 Å². The van der Waals surface area contributed by atoms with E-state index in [2.05, 4.69) is 4.74 Å². The molecule has 0 bridgehead atoms. The molecule has 1 heterocycles. The lowest BCUT2D eigenvalue weighted by molar-refractivity contribution is -0.207. The average Bonchev–Trinajstić information content (AvgIpc) is 2.52. The molecule has 10 heteroatoms. The fourth-order valence-electron chi connectivity index (χ4n) is 2.21. The number of carbonyl (C=O) groups is 2. The normalized spacial score (nSPS) is 12.6. The van der Waals surface area contributed by atoms with Gasteiger partial charge in [-0.1, -0.05) is 0 Å². The van der Waals surface area contributed by atoms with E-state index < -0.39 is 36.3 Å². The summed E-state index contributed by atoms with van der Waals surface area (Å²) in [5.41, 5.74) is -0.723. The number of carbonyl (C=O) groups excluding carboxylic acids is 1. The number of alkyl halides is 3. The first-order valence-electron chi connectivity index (χ1n) is 7.32. The van der Waals surface area contributed by atoms with E-state index in [1.54, 1.807) is 6.92 Å². The second kappa shape index (κ2) is 7.46. The molecule has 26 heavy (non-hydrogen) atoms. The van der Waals surface area contributed by atoms with Crippen LogP contribution in [0.4, 0.5) is 13.2 Å². The van der Waals surface area contributed by atoms with Crippen molar-refractivity contribution in [2.24, 2.45) is 0 Å². The quantitative estimate of drug-likeness (QED) is 0.611. The number of esters is 1. The number of hydrogen-bond donors (Lipinski definition) is 1. The molecule has 0 saturated heterocycles. The minimum atomic E-state index is -5.34. The predicted octanol–water partition coefficient (Wildman–Crippen LogP) is 2.29. The van der Waals surface area contributed by atoms with Crippen LogP contribution in [0.2, 0.25) is 0 Å². The predicted molar refractivity (Wildman–Crippen MR) is 80.9 cm³/mol. The Kier molecular flexibility index (Phi) is 5.53. The second-order valence-electron chi connectivity index (χ2n) is 5.12. The first-order valence-corrected chi connectivity index (χ1v) is 7.32. The van der Waals surface area contributed by atoms with Crippen molar-refractivity contribution < 1.29 is 41.8 Å². The first-order chi connectivity index (χ1) is 12.1. The number of benzene rings is 1. The number of ether oxygens (including phenoxy) is 2. The van der Waals surface area contributed by atoms with Crippen molar-refractivity contribution in [3.05, 3.63) is 40.2 Å². The maximum absolute atomic E-state index is 12.3. The summed E-state index contributed by atoms with van der Waals surface area (Å²) in [5.74, 6) is -4.02. The maximum atomic E-state index is 12.3. The van der Waals surface area contributed by atoms with Crippen molar-refractivity contribution in [2.75, 3.05) is 6.61 Å². The topological polar surface area (TPSA) is 103 Å². The molecule has 7 nitrogen and oxygen atoms in total. The summed E-state index contributed by atoms with van der Waals surface area (Å²) < 4.78 is 51.2. The number of aliphatic carboxylic acids is 1. The molecule has 0 aliphatic rings. The molecule has 0 spiro atoms. The van der Waals surface area contributed by atoms with Crippen LogP contribution in [-0.2, 0) is 20.7 Å². The summed E-state index contributed by atoms with van der Waals surface area (Å²) in [6.07, 6.45) is -8.11. The van der Waals surface area contributed by atoms with Crippen molar-refractivity contribution in [2.45, 2.75) is 25.6 Å². The minimum Gasteiger partial charge on any atom is -0.494 e. The van der Waals surface area contributed by atoms with E-state index in [-0.39, 0.29) is 16.5 Å². The van der Waals surface area contributed by atoms with Gasteiger partial charge in [0.05, 0.1) is 6.61 Å². The smallest absolute Gasteiger partial charge is 0.490 e. The molecule has 0 fully saturated rings. The van der Waals surface area contributed by atoms with E-state index in [4.69, 9.17) is 14.3 Å². The Balaban J connectivity index is 2.39. The van der Waals surface area contributed by atoms with E-state index >= 15 is 0 Å². The number of carboxylic acids is 1. The van der Waals surface area contributed by atoms with Crippen LogP contribution < -0.4 is 10.4 Å². The summed E-state index contributed by atoms with van der Waals surface area (Å²) in [6.45, 7) is 2.09. The molecular weight excluding hydrogens is 361 g/mol. The monoisotopic (exact) mass is 374 g/mol. The lowest BCUT2D eigenvalue weighted by Crippen LogP contribution is -2.35. The van der Waals surface area contributed by atoms with Gasteiger partial charge in [0.2, 0.25) is 6.10 Å². The van der Waals surface area contributed by atoms with Crippen molar-refractivity contribution in [1.82, 2.24) is 0 Å². The third-order valence-corrected chi connectivity index (χ3v) is 3.27. The zero-order valence-electron chi connectivity index (χ0n) is 13.3. The Hall–Kier alpha value is -3.04. The Morgan fingerprint density at radius 3 is 2.54 bits per heavy atom. The molecule has 2 aromatic rings. The van der Waals surface area contributed by atoms with Gasteiger partial charge >= 0.3 is 23.7 Å². The van der Waals surface area contributed by atoms with Crippen LogP contribution in [0, 0.1) is 0 Å². The molecule has 140 valence electrons. The van der Waals surface area contributed by atoms with Crippen LogP contribution in [-0.4, -0.2) is 35.9 Å². The van der Waals surface area contributed by atoms with Gasteiger partial charge in [-0.3, -0.25) is 0 Å². The zero-order valence-corrected chi connectivity index (χ0v) is 13.3. The fraction of sp³-hybridized carbons (Fsp3) is 0.312. The van der Waals surface area contributed by atoms with Gasteiger partial charge in [0.1, 0.15) is 11.3 Å². The summed E-state index contributed by atoms with van der Waals surface area (Å²) >= 11 is 0. The number of halogens is 3. The highest BCUT2D eigenvalue weighted by molar-refractivity contribution is 5.84. The van der Waals surface area contributed by atoms with Crippen molar-refractivity contribution in [3.63, 3.8) is 0 Å². The van der Waals surface area contributed by atoms with Crippen LogP contribution >= 0.6 is 0 Å². The second-order valence-corrected chi connectivity index (χ2v) is 5.12. The molecular formula is C16H13F3O7. The van der Waals surface area contributed by atoms with Gasteiger partial charge < -0.3 is 19.0 Å². The molecule has 0 amide bonds. The van der Waals surface area contributed by atoms with Gasteiger partial charge in [0, 0.05) is 23.9 Å². The minimum absolute atomic E-state index is 0.0571. The largest absolute Gasteiger partial charge is 0.494 e. The summed E-state index contributed by atoms with van der Waals surface area (Å²) in [4.78, 5) is 33.7. The van der Waals surface area contributed by atoms with E-state index in [1.807, 2.05) is 0 Å². The molecule has 0 saturated carbocycles. The SMILES string of the molecule is CCOc1ccc2c(C[C@H](OC(=O)C(F)(F)F)C(=O)O)cc(=O)oc2c1. The Morgan fingerprint density at radius 2 is 1.96 bits per heavy atom. The average molecular weight is 374 g/mol. The third-order valence-electron chi connectivity index (χ3n) is 3.27. The fourth-order valence-corrected chi connectivity index (χ4v) is 2.21. The van der Waals surface area contributed by atoms with Crippen molar-refractivity contribution in [3.8, 4) is 5.75 Å². The lowest BCUT2D eigenvalue weighted by atomic mass is 10.0. The highest BCUT2D eigenvalue weighted by Crippen LogP contribution is 2.25. The molecule has 1 atom stereocenters. The first kappa shape index (κ1) is 19.3. The zero-order chi connectivity index (χ0) is 19.5.